The van der Waals surface area contributed by atoms with Crippen LogP contribution in [0.5, 0.6) is 0 Å². The number of hydrogen-bond donors (Lipinski definition) is 0. The molecule has 3 nitrogen and oxygen atoms in total. The fourth-order valence-corrected chi connectivity index (χ4v) is 2.87. The molecule has 0 N–H and O–H groups in total. The summed E-state index contributed by atoms with van der Waals surface area (Å²) in [5.74, 6) is 1.60. The average Bonchev–Trinajstić information content (AvgIpc) is 2.47. The minimum Gasteiger partial charge on any atom is -0.470 e. The van der Waals surface area contributed by atoms with Gasteiger partial charge in [0.25, 0.3) is 0 Å². The van der Waals surface area contributed by atoms with Gasteiger partial charge in [0.15, 0.2) is 0 Å². The second kappa shape index (κ2) is 6.10. The van der Waals surface area contributed by atoms with Gasteiger partial charge >= 0.3 is 18.9 Å². The Hall–Kier alpha value is -0.219. The van der Waals surface area contributed by atoms with Gasteiger partial charge in [-0.15, -0.1) is 0 Å². The topological polar surface area (TPSA) is 39.6 Å². The van der Waals surface area contributed by atoms with Crippen LogP contribution in [-0.2, 0) is 0 Å². The summed E-state index contributed by atoms with van der Waals surface area (Å²) in [6, 6.07) is 3.82. The molecule has 0 bridgehead atoms. The van der Waals surface area contributed by atoms with Gasteiger partial charge in [0, 0.05) is 16.5 Å². The van der Waals surface area contributed by atoms with Crippen LogP contribution in [0.2, 0.25) is 39.3 Å². The minimum atomic E-state index is -1.52. The van der Waals surface area contributed by atoms with E-state index in [9.17, 15) is 0 Å². The largest absolute Gasteiger partial charge is 1.00 e. The van der Waals surface area contributed by atoms with Crippen LogP contribution in [0.25, 0.3) is 4.98 Å². The predicted octanol–water partition coefficient (Wildman–Crippen LogP) is 1.07. The zero-order chi connectivity index (χ0) is 12.4. The third-order valence-electron chi connectivity index (χ3n) is 1.62. The molecule has 0 saturated heterocycles. The van der Waals surface area contributed by atoms with Crippen LogP contribution in [0.4, 0.5) is 0 Å². The van der Waals surface area contributed by atoms with Gasteiger partial charge in [-0.1, -0.05) is 39.3 Å². The van der Waals surface area contributed by atoms with Gasteiger partial charge in [0.2, 0.25) is 0 Å². The minimum absolute atomic E-state index is 0. The molecule has 0 aliphatic heterocycles. The molecular formula is C11H21LiN2OSi2. The summed E-state index contributed by atoms with van der Waals surface area (Å²) < 4.78 is 10.2. The van der Waals surface area contributed by atoms with Crippen molar-refractivity contribution in [3.8, 4) is 0 Å². The van der Waals surface area contributed by atoms with Crippen molar-refractivity contribution in [3.05, 3.63) is 29.1 Å². The summed E-state index contributed by atoms with van der Waals surface area (Å²) in [6.45, 7) is 13.2. The summed E-state index contributed by atoms with van der Waals surface area (Å²) in [4.78, 5) is 4.77. The summed E-state index contributed by atoms with van der Waals surface area (Å²) >= 11 is 0. The Kier molecular flexibility index (Phi) is 6.02. The molecule has 0 saturated carbocycles. The van der Waals surface area contributed by atoms with E-state index in [1.54, 1.807) is 6.26 Å². The van der Waals surface area contributed by atoms with Crippen LogP contribution in [0.3, 0.4) is 0 Å². The van der Waals surface area contributed by atoms with Crippen molar-refractivity contribution >= 4 is 22.3 Å². The zero-order valence-electron chi connectivity index (χ0n) is 12.0. The van der Waals surface area contributed by atoms with E-state index < -0.39 is 16.5 Å². The van der Waals surface area contributed by atoms with Crippen molar-refractivity contribution in [2.24, 2.45) is 4.66 Å². The van der Waals surface area contributed by atoms with Gasteiger partial charge in [-0.3, -0.25) is 0 Å². The maximum atomic E-state index is 5.41. The van der Waals surface area contributed by atoms with Crippen LogP contribution in [0.1, 0.15) is 5.76 Å². The Morgan fingerprint density at radius 2 is 1.76 bits per heavy atom. The van der Waals surface area contributed by atoms with Gasteiger partial charge in [-0.2, -0.15) is 0 Å². The number of hydrogen-bond acceptors (Lipinski definition) is 2. The number of nitrogens with zero attached hydrogens (tertiary/aromatic N) is 2. The first-order valence-corrected chi connectivity index (χ1v) is 12.4. The van der Waals surface area contributed by atoms with Crippen LogP contribution in [-0.4, -0.2) is 22.3 Å². The first-order valence-electron chi connectivity index (χ1n) is 5.54. The van der Waals surface area contributed by atoms with Gasteiger partial charge < -0.3 is 14.1 Å². The summed E-state index contributed by atoms with van der Waals surface area (Å²) in [6.07, 6.45) is 1.68. The molecule has 0 aromatic carbocycles. The van der Waals surface area contributed by atoms with E-state index in [2.05, 4.69) is 39.3 Å². The maximum absolute atomic E-state index is 5.41. The molecule has 0 unspecified atom stereocenters. The molecule has 1 rings (SSSR count). The fourth-order valence-electron chi connectivity index (χ4n) is 1.18. The molecule has 0 atom stereocenters. The van der Waals surface area contributed by atoms with E-state index in [4.69, 9.17) is 14.1 Å². The van der Waals surface area contributed by atoms with Crippen LogP contribution < -0.4 is 18.9 Å². The average molecular weight is 260 g/mol. The van der Waals surface area contributed by atoms with E-state index in [0.717, 1.165) is 11.6 Å². The van der Waals surface area contributed by atoms with Crippen molar-refractivity contribution in [1.82, 2.24) is 0 Å². The number of amidine groups is 1. The summed E-state index contributed by atoms with van der Waals surface area (Å²) in [5, 5.41) is 0. The molecule has 1 heterocycles. The molecule has 0 amide bonds. The molecule has 0 aliphatic rings. The summed E-state index contributed by atoms with van der Waals surface area (Å²) in [5.41, 5.74) is 0. The molecular weight excluding hydrogens is 239 g/mol. The first kappa shape index (κ1) is 16.8. The maximum Gasteiger partial charge on any atom is 1.00 e. The molecule has 0 aliphatic carbocycles. The standard InChI is InChI=1S/C11H21N2OSi2.Li/c1-15(2,3)12-11(13-16(4,5)6)10-8-7-9-14-10;/h7-9H,1-6H3;/q-1;+1. The monoisotopic (exact) mass is 260 g/mol. The third kappa shape index (κ3) is 6.94. The van der Waals surface area contributed by atoms with E-state index in [1.165, 1.54) is 0 Å². The molecule has 6 heteroatoms. The normalized spacial score (nSPS) is 13.2. The van der Waals surface area contributed by atoms with E-state index in [-0.39, 0.29) is 18.9 Å². The van der Waals surface area contributed by atoms with Crippen molar-refractivity contribution in [2.75, 3.05) is 0 Å². The Balaban J connectivity index is 0.00000256. The third-order valence-corrected chi connectivity index (χ3v) is 3.39. The van der Waals surface area contributed by atoms with Crippen molar-refractivity contribution in [2.45, 2.75) is 39.3 Å². The van der Waals surface area contributed by atoms with E-state index >= 15 is 0 Å². The van der Waals surface area contributed by atoms with Gasteiger partial charge in [0.1, 0.15) is 5.76 Å². The molecule has 90 valence electrons. The zero-order valence-corrected chi connectivity index (χ0v) is 14.0. The van der Waals surface area contributed by atoms with Gasteiger partial charge in [0.05, 0.1) is 6.26 Å². The molecule has 17 heavy (non-hydrogen) atoms. The Bertz CT molecular complexity index is 364. The number of rotatable bonds is 3. The second-order valence-electron chi connectivity index (χ2n) is 5.87. The quantitative estimate of drug-likeness (QED) is 0.455. The van der Waals surface area contributed by atoms with Gasteiger partial charge in [-0.05, 0) is 18.0 Å². The molecule has 1 aromatic rings. The van der Waals surface area contributed by atoms with Crippen LogP contribution >= 0.6 is 0 Å². The molecule has 0 fully saturated rings. The van der Waals surface area contributed by atoms with Crippen molar-refractivity contribution < 1.29 is 23.3 Å². The fraction of sp³-hybridized carbons (Fsp3) is 0.545. The van der Waals surface area contributed by atoms with E-state index in [0.29, 0.717) is 0 Å². The van der Waals surface area contributed by atoms with Crippen molar-refractivity contribution in [1.29, 1.82) is 0 Å². The molecule has 0 spiro atoms. The Morgan fingerprint density at radius 1 is 1.18 bits per heavy atom. The smallest absolute Gasteiger partial charge is 0.470 e. The van der Waals surface area contributed by atoms with Crippen molar-refractivity contribution in [3.63, 3.8) is 0 Å². The van der Waals surface area contributed by atoms with Crippen LogP contribution in [0, 0.1) is 0 Å². The Labute approximate surface area is 118 Å². The number of furan rings is 1. The van der Waals surface area contributed by atoms with E-state index in [1.807, 2.05) is 12.1 Å². The summed E-state index contributed by atoms with van der Waals surface area (Å²) in [7, 11) is -3.04. The SMILES string of the molecule is C[Si](C)(C)/N=C(\[N-][Si](C)(C)C)c1ccco1.[Li+]. The second-order valence-corrected chi connectivity index (χ2v) is 15.0. The predicted molar refractivity (Wildman–Crippen MR) is 75.3 cm³/mol. The first-order chi connectivity index (χ1) is 7.17. The molecule has 1 aromatic heterocycles. The molecule has 0 radical (unpaired) electrons. The van der Waals surface area contributed by atoms with Gasteiger partial charge in [-0.25, -0.2) is 0 Å². The van der Waals surface area contributed by atoms with Crippen LogP contribution in [0.15, 0.2) is 27.5 Å². The Morgan fingerprint density at radius 3 is 2.12 bits per heavy atom.